The molecular formula is C21H26N2O6S. The van der Waals surface area contributed by atoms with Gasteiger partial charge in [0.15, 0.2) is 17.6 Å². The molecule has 0 aromatic heterocycles. The van der Waals surface area contributed by atoms with Crippen LogP contribution >= 0.6 is 0 Å². The van der Waals surface area contributed by atoms with Crippen LogP contribution in [0.5, 0.6) is 17.2 Å². The molecule has 3 rings (SSSR count). The van der Waals surface area contributed by atoms with Gasteiger partial charge in [0.25, 0.3) is 5.91 Å². The highest BCUT2D eigenvalue weighted by Gasteiger charge is 2.34. The van der Waals surface area contributed by atoms with Crippen molar-refractivity contribution in [2.45, 2.75) is 26.5 Å². The van der Waals surface area contributed by atoms with E-state index in [1.165, 1.54) is 4.31 Å². The van der Waals surface area contributed by atoms with E-state index in [1.807, 2.05) is 26.0 Å². The van der Waals surface area contributed by atoms with Crippen molar-refractivity contribution in [3.63, 3.8) is 0 Å². The lowest BCUT2D eigenvalue weighted by atomic mass is 10.2. The molecule has 0 bridgehead atoms. The summed E-state index contributed by atoms with van der Waals surface area (Å²) in [5.74, 6) is 1.21. The number of nitrogens with zero attached hydrogens (tertiary/aromatic N) is 1. The highest BCUT2D eigenvalue weighted by atomic mass is 32.2. The van der Waals surface area contributed by atoms with Gasteiger partial charge in [0, 0.05) is 6.54 Å². The predicted molar refractivity (Wildman–Crippen MR) is 114 cm³/mol. The van der Waals surface area contributed by atoms with Crippen molar-refractivity contribution in [3.05, 3.63) is 48.0 Å². The van der Waals surface area contributed by atoms with Crippen LogP contribution in [-0.2, 0) is 21.4 Å². The highest BCUT2D eigenvalue weighted by molar-refractivity contribution is 7.92. The van der Waals surface area contributed by atoms with E-state index in [-0.39, 0.29) is 13.1 Å². The van der Waals surface area contributed by atoms with Crippen molar-refractivity contribution < 1.29 is 27.4 Å². The van der Waals surface area contributed by atoms with Gasteiger partial charge >= 0.3 is 0 Å². The van der Waals surface area contributed by atoms with E-state index in [0.717, 1.165) is 11.8 Å². The Bertz CT molecular complexity index is 1010. The molecule has 1 atom stereocenters. The lowest BCUT2D eigenvalue weighted by Gasteiger charge is -2.33. The average molecular weight is 435 g/mol. The van der Waals surface area contributed by atoms with Crippen LogP contribution in [-0.4, -0.2) is 46.4 Å². The standard InChI is InChI=1S/C21H26N2O6S/c1-4-27-18-11-10-15(12-19(18)28-5-2)13-22-21(24)20-14-23(30(3,25)26)16-8-6-7-9-17(16)29-20/h6-12,20H,4-5,13-14H2,1-3H3,(H,22,24). The number of anilines is 1. The molecule has 0 fully saturated rings. The second kappa shape index (κ2) is 9.25. The zero-order valence-corrected chi connectivity index (χ0v) is 18.1. The minimum absolute atomic E-state index is 0.0881. The first kappa shape index (κ1) is 21.8. The number of sulfonamides is 1. The largest absolute Gasteiger partial charge is 0.490 e. The minimum Gasteiger partial charge on any atom is -0.490 e. The van der Waals surface area contributed by atoms with Gasteiger partial charge < -0.3 is 19.5 Å². The summed E-state index contributed by atoms with van der Waals surface area (Å²) in [6.07, 6.45) is 0.155. The number of fused-ring (bicyclic) bond motifs is 1. The SMILES string of the molecule is CCOc1ccc(CNC(=O)C2CN(S(C)(=O)=O)c3ccccc3O2)cc1OCC. The summed E-state index contributed by atoms with van der Waals surface area (Å²) in [6, 6.07) is 12.2. The number of benzene rings is 2. The quantitative estimate of drug-likeness (QED) is 0.685. The minimum atomic E-state index is -3.55. The number of hydrogen-bond donors (Lipinski definition) is 1. The Hall–Kier alpha value is -2.94. The van der Waals surface area contributed by atoms with Gasteiger partial charge in [-0.2, -0.15) is 0 Å². The lowest BCUT2D eigenvalue weighted by molar-refractivity contribution is -0.127. The first-order valence-corrected chi connectivity index (χ1v) is 11.6. The number of rotatable bonds is 8. The molecule has 1 unspecified atom stereocenters. The summed E-state index contributed by atoms with van der Waals surface area (Å²) in [4.78, 5) is 12.7. The number of carbonyl (C=O) groups is 1. The summed E-state index contributed by atoms with van der Waals surface area (Å²) in [7, 11) is -3.55. The van der Waals surface area contributed by atoms with Crippen LogP contribution in [0.15, 0.2) is 42.5 Å². The molecule has 0 spiro atoms. The number of ether oxygens (including phenoxy) is 3. The number of para-hydroxylation sites is 2. The molecule has 30 heavy (non-hydrogen) atoms. The third-order valence-electron chi connectivity index (χ3n) is 4.50. The van der Waals surface area contributed by atoms with Crippen molar-refractivity contribution in [1.82, 2.24) is 5.32 Å². The molecule has 2 aromatic carbocycles. The molecule has 0 radical (unpaired) electrons. The number of nitrogens with one attached hydrogen (secondary N) is 1. The Morgan fingerprint density at radius 1 is 1.13 bits per heavy atom. The van der Waals surface area contributed by atoms with Crippen LogP contribution in [0.3, 0.4) is 0 Å². The number of amides is 1. The van der Waals surface area contributed by atoms with Crippen LogP contribution in [0.2, 0.25) is 0 Å². The van der Waals surface area contributed by atoms with Crippen molar-refractivity contribution in [1.29, 1.82) is 0 Å². The highest BCUT2D eigenvalue weighted by Crippen LogP contribution is 2.34. The van der Waals surface area contributed by atoms with Gasteiger partial charge in [0.2, 0.25) is 10.0 Å². The molecule has 0 saturated carbocycles. The molecular weight excluding hydrogens is 408 g/mol. The molecule has 0 aliphatic carbocycles. The lowest BCUT2D eigenvalue weighted by Crippen LogP contribution is -2.50. The zero-order chi connectivity index (χ0) is 21.7. The molecule has 2 aromatic rings. The molecule has 1 aliphatic rings. The van der Waals surface area contributed by atoms with Crippen molar-refractivity contribution >= 4 is 21.6 Å². The normalized spacial score (nSPS) is 15.7. The van der Waals surface area contributed by atoms with E-state index < -0.39 is 22.0 Å². The van der Waals surface area contributed by atoms with Gasteiger partial charge in [-0.15, -0.1) is 0 Å². The monoisotopic (exact) mass is 434 g/mol. The maximum atomic E-state index is 12.7. The van der Waals surface area contributed by atoms with Crippen LogP contribution in [0, 0.1) is 0 Å². The fraction of sp³-hybridized carbons (Fsp3) is 0.381. The van der Waals surface area contributed by atoms with Crippen molar-refractivity contribution in [2.24, 2.45) is 0 Å². The van der Waals surface area contributed by atoms with Gasteiger partial charge in [-0.05, 0) is 43.7 Å². The van der Waals surface area contributed by atoms with Gasteiger partial charge in [-0.3, -0.25) is 9.10 Å². The fourth-order valence-electron chi connectivity index (χ4n) is 3.16. The van der Waals surface area contributed by atoms with Gasteiger partial charge in [-0.25, -0.2) is 8.42 Å². The topological polar surface area (TPSA) is 94.2 Å². The van der Waals surface area contributed by atoms with Gasteiger partial charge in [0.1, 0.15) is 5.75 Å². The molecule has 9 heteroatoms. The molecule has 0 saturated heterocycles. The van der Waals surface area contributed by atoms with Gasteiger partial charge in [-0.1, -0.05) is 18.2 Å². The number of hydrogen-bond acceptors (Lipinski definition) is 6. The molecule has 1 amide bonds. The second-order valence-corrected chi connectivity index (χ2v) is 8.64. The van der Waals surface area contributed by atoms with Crippen LogP contribution in [0.1, 0.15) is 19.4 Å². The van der Waals surface area contributed by atoms with E-state index in [1.54, 1.807) is 30.3 Å². The average Bonchev–Trinajstić information content (AvgIpc) is 2.72. The number of carbonyl (C=O) groups excluding carboxylic acids is 1. The van der Waals surface area contributed by atoms with Crippen LogP contribution in [0.25, 0.3) is 0 Å². The third-order valence-corrected chi connectivity index (χ3v) is 5.65. The summed E-state index contributed by atoms with van der Waals surface area (Å²) < 4.78 is 42.5. The summed E-state index contributed by atoms with van der Waals surface area (Å²) in [6.45, 7) is 4.95. The first-order valence-electron chi connectivity index (χ1n) is 9.73. The van der Waals surface area contributed by atoms with Gasteiger partial charge in [0.05, 0.1) is 31.7 Å². The predicted octanol–water partition coefficient (Wildman–Crippen LogP) is 2.33. The maximum Gasteiger partial charge on any atom is 0.263 e. The second-order valence-electron chi connectivity index (χ2n) is 6.73. The Morgan fingerprint density at radius 2 is 1.83 bits per heavy atom. The first-order chi connectivity index (χ1) is 14.3. The zero-order valence-electron chi connectivity index (χ0n) is 17.3. The fourth-order valence-corrected chi connectivity index (χ4v) is 4.08. The Balaban J connectivity index is 1.72. The molecule has 1 N–H and O–H groups in total. The van der Waals surface area contributed by atoms with E-state index in [9.17, 15) is 13.2 Å². The van der Waals surface area contributed by atoms with E-state index in [0.29, 0.717) is 36.1 Å². The van der Waals surface area contributed by atoms with Crippen molar-refractivity contribution in [2.75, 3.05) is 30.3 Å². The third kappa shape index (κ3) is 4.96. The Morgan fingerprint density at radius 3 is 2.53 bits per heavy atom. The molecule has 162 valence electrons. The molecule has 1 aliphatic heterocycles. The molecule has 8 nitrogen and oxygen atoms in total. The maximum absolute atomic E-state index is 12.7. The Labute approximate surface area is 176 Å². The van der Waals surface area contributed by atoms with Crippen LogP contribution in [0.4, 0.5) is 5.69 Å². The smallest absolute Gasteiger partial charge is 0.263 e. The van der Waals surface area contributed by atoms with E-state index in [2.05, 4.69) is 5.32 Å². The summed E-state index contributed by atoms with van der Waals surface area (Å²) in [5, 5.41) is 2.81. The summed E-state index contributed by atoms with van der Waals surface area (Å²) >= 11 is 0. The Kier molecular flexibility index (Phi) is 6.71. The summed E-state index contributed by atoms with van der Waals surface area (Å²) in [5.41, 5.74) is 1.25. The van der Waals surface area contributed by atoms with E-state index in [4.69, 9.17) is 14.2 Å². The van der Waals surface area contributed by atoms with Crippen molar-refractivity contribution in [3.8, 4) is 17.2 Å². The van der Waals surface area contributed by atoms with Crippen LogP contribution < -0.4 is 23.8 Å². The van der Waals surface area contributed by atoms with E-state index >= 15 is 0 Å². The molecule has 1 heterocycles.